The third-order valence-corrected chi connectivity index (χ3v) is 4.34. The first-order chi connectivity index (χ1) is 8.08. The number of benzene rings is 1. The van der Waals surface area contributed by atoms with Crippen molar-refractivity contribution in [3.05, 3.63) is 30.5 Å². The number of aromatic nitrogens is 1. The van der Waals surface area contributed by atoms with E-state index in [0.717, 1.165) is 0 Å². The molecule has 1 N–H and O–H groups in total. The van der Waals surface area contributed by atoms with Crippen LogP contribution in [0.5, 0.6) is 0 Å². The number of nitrogens with zero attached hydrogens (tertiary/aromatic N) is 1. The van der Waals surface area contributed by atoms with Crippen LogP contribution in [0.3, 0.4) is 0 Å². The summed E-state index contributed by atoms with van der Waals surface area (Å²) in [4.78, 5) is 15.5. The van der Waals surface area contributed by atoms with Crippen molar-refractivity contribution >= 4 is 32.3 Å². The van der Waals surface area contributed by atoms with E-state index in [0.29, 0.717) is 10.9 Å². The Morgan fingerprint density at radius 1 is 1.24 bits per heavy atom. The number of hydrogen-bond donors (Lipinski definition) is 1. The maximum Gasteiger partial charge on any atom is 0.240 e. The van der Waals surface area contributed by atoms with Gasteiger partial charge in [-0.25, -0.2) is 8.42 Å². The quantitative estimate of drug-likeness (QED) is 0.753. The minimum atomic E-state index is -3.57. The first-order valence-electron chi connectivity index (χ1n) is 4.98. The summed E-state index contributed by atoms with van der Waals surface area (Å²) < 4.78 is 24.0. The number of carbonyl (C=O) groups excluding carboxylic acids is 1. The molecule has 6 heteroatoms. The highest BCUT2D eigenvalue weighted by molar-refractivity contribution is 7.92. The van der Waals surface area contributed by atoms with E-state index in [-0.39, 0.29) is 10.6 Å². The van der Waals surface area contributed by atoms with Crippen LogP contribution in [0.15, 0.2) is 35.4 Å². The molecule has 2 heterocycles. The standard InChI is InChI=1S/C11H8N2O3S/c14-10-6-17(15,16)11-7-3-1-2-4-8(7)12-5-9(11)13-10/h1-5H,6H2,(H,13,14). The van der Waals surface area contributed by atoms with Gasteiger partial charge in [-0.2, -0.15) is 0 Å². The van der Waals surface area contributed by atoms with E-state index >= 15 is 0 Å². The summed E-state index contributed by atoms with van der Waals surface area (Å²) in [6.45, 7) is 0. The van der Waals surface area contributed by atoms with Gasteiger partial charge in [0.15, 0.2) is 9.84 Å². The van der Waals surface area contributed by atoms with Crippen molar-refractivity contribution in [3.8, 4) is 0 Å². The monoisotopic (exact) mass is 248 g/mol. The fraction of sp³-hybridized carbons (Fsp3) is 0.0909. The van der Waals surface area contributed by atoms with E-state index in [1.54, 1.807) is 24.3 Å². The van der Waals surface area contributed by atoms with Gasteiger partial charge in [-0.15, -0.1) is 0 Å². The first kappa shape index (κ1) is 10.2. The topological polar surface area (TPSA) is 76.1 Å². The molecule has 17 heavy (non-hydrogen) atoms. The average Bonchev–Trinajstić information content (AvgIpc) is 2.26. The van der Waals surface area contributed by atoms with Gasteiger partial charge in [0.25, 0.3) is 0 Å². The van der Waals surface area contributed by atoms with Crippen molar-refractivity contribution in [2.24, 2.45) is 0 Å². The second-order valence-electron chi connectivity index (χ2n) is 3.83. The summed E-state index contributed by atoms with van der Waals surface area (Å²) in [6, 6.07) is 6.96. The highest BCUT2D eigenvalue weighted by atomic mass is 32.2. The maximum atomic E-state index is 12.0. The molecular formula is C11H8N2O3S. The van der Waals surface area contributed by atoms with Crippen molar-refractivity contribution < 1.29 is 13.2 Å². The van der Waals surface area contributed by atoms with Crippen LogP contribution in [0, 0.1) is 0 Å². The molecule has 3 rings (SSSR count). The second-order valence-corrected chi connectivity index (χ2v) is 5.75. The molecule has 0 spiro atoms. The minimum absolute atomic E-state index is 0.169. The highest BCUT2D eigenvalue weighted by Gasteiger charge is 2.30. The number of pyridine rings is 1. The van der Waals surface area contributed by atoms with Gasteiger partial charge in [-0.05, 0) is 6.07 Å². The molecule has 0 unspecified atom stereocenters. The van der Waals surface area contributed by atoms with Crippen LogP contribution in [0.4, 0.5) is 5.69 Å². The highest BCUT2D eigenvalue weighted by Crippen LogP contribution is 2.32. The predicted molar refractivity (Wildman–Crippen MR) is 62.4 cm³/mol. The van der Waals surface area contributed by atoms with Crippen LogP contribution in [-0.4, -0.2) is 25.1 Å². The molecule has 5 nitrogen and oxygen atoms in total. The van der Waals surface area contributed by atoms with Crippen LogP contribution in [0.25, 0.3) is 10.9 Å². The summed E-state index contributed by atoms with van der Waals surface area (Å²) in [5.74, 6) is -1.02. The third-order valence-electron chi connectivity index (χ3n) is 2.63. The molecule has 0 atom stereocenters. The zero-order chi connectivity index (χ0) is 12.0. The molecule has 1 aliphatic rings. The minimum Gasteiger partial charge on any atom is -0.323 e. The fourth-order valence-electron chi connectivity index (χ4n) is 1.97. The molecule has 1 amide bonds. The van der Waals surface area contributed by atoms with Crippen molar-refractivity contribution in [1.29, 1.82) is 0 Å². The molecule has 1 aromatic carbocycles. The Morgan fingerprint density at radius 2 is 2.00 bits per heavy atom. The van der Waals surface area contributed by atoms with Crippen LogP contribution in [0.2, 0.25) is 0 Å². The smallest absolute Gasteiger partial charge is 0.240 e. The number of carbonyl (C=O) groups is 1. The molecule has 1 aliphatic heterocycles. The zero-order valence-corrected chi connectivity index (χ0v) is 9.49. The van der Waals surface area contributed by atoms with Crippen LogP contribution in [0.1, 0.15) is 0 Å². The van der Waals surface area contributed by atoms with E-state index in [1.807, 2.05) is 0 Å². The second kappa shape index (κ2) is 3.27. The van der Waals surface area contributed by atoms with Gasteiger partial charge in [0.05, 0.1) is 17.4 Å². The van der Waals surface area contributed by atoms with Crippen LogP contribution in [-0.2, 0) is 14.6 Å². The Hall–Kier alpha value is -1.95. The SMILES string of the molecule is O=C1CS(=O)(=O)c2c(cnc3ccccc23)N1. The molecule has 0 saturated carbocycles. The Bertz CT molecular complexity index is 737. The van der Waals surface area contributed by atoms with Crippen molar-refractivity contribution in [1.82, 2.24) is 4.98 Å². The van der Waals surface area contributed by atoms with Crippen molar-refractivity contribution in [2.45, 2.75) is 4.90 Å². The number of rotatable bonds is 0. The van der Waals surface area contributed by atoms with E-state index in [9.17, 15) is 13.2 Å². The van der Waals surface area contributed by atoms with Gasteiger partial charge in [0.2, 0.25) is 5.91 Å². The van der Waals surface area contributed by atoms with Gasteiger partial charge >= 0.3 is 0 Å². The number of para-hydroxylation sites is 1. The number of amides is 1. The molecule has 0 aliphatic carbocycles. The number of hydrogen-bond acceptors (Lipinski definition) is 4. The van der Waals surface area contributed by atoms with Crippen LogP contribution < -0.4 is 5.32 Å². The van der Waals surface area contributed by atoms with Crippen molar-refractivity contribution in [2.75, 3.05) is 11.1 Å². The zero-order valence-electron chi connectivity index (χ0n) is 8.67. The molecule has 1 aromatic heterocycles. The van der Waals surface area contributed by atoms with E-state index in [2.05, 4.69) is 10.3 Å². The molecule has 0 fully saturated rings. The van der Waals surface area contributed by atoms with E-state index in [4.69, 9.17) is 0 Å². The lowest BCUT2D eigenvalue weighted by molar-refractivity contribution is -0.114. The largest absolute Gasteiger partial charge is 0.323 e. The molecule has 0 radical (unpaired) electrons. The Kier molecular flexibility index (Phi) is 1.97. The molecule has 0 saturated heterocycles. The van der Waals surface area contributed by atoms with Gasteiger partial charge in [0, 0.05) is 5.39 Å². The summed E-state index contributed by atoms with van der Waals surface area (Å²) in [6.07, 6.45) is 1.38. The summed E-state index contributed by atoms with van der Waals surface area (Å²) in [5.41, 5.74) is 0.867. The first-order valence-corrected chi connectivity index (χ1v) is 6.63. The maximum absolute atomic E-state index is 12.0. The number of nitrogens with one attached hydrogen (secondary N) is 1. The van der Waals surface area contributed by atoms with Gasteiger partial charge < -0.3 is 5.32 Å². The van der Waals surface area contributed by atoms with E-state index < -0.39 is 21.5 Å². The normalized spacial score (nSPS) is 17.5. The van der Waals surface area contributed by atoms with Crippen molar-refractivity contribution in [3.63, 3.8) is 0 Å². The van der Waals surface area contributed by atoms with E-state index in [1.165, 1.54) is 6.20 Å². The molecule has 0 bridgehead atoms. The number of sulfone groups is 1. The lowest BCUT2D eigenvalue weighted by atomic mass is 10.2. The number of anilines is 1. The summed E-state index contributed by atoms with van der Waals surface area (Å²) in [5, 5.41) is 3.07. The Morgan fingerprint density at radius 3 is 2.82 bits per heavy atom. The molecule has 86 valence electrons. The summed E-state index contributed by atoms with van der Waals surface area (Å²) in [7, 11) is -3.57. The lowest BCUT2D eigenvalue weighted by Crippen LogP contribution is -2.29. The Balaban J connectivity index is 2.47. The molecular weight excluding hydrogens is 240 g/mol. The predicted octanol–water partition coefficient (Wildman–Crippen LogP) is 0.961. The fourth-order valence-corrected chi connectivity index (χ4v) is 3.48. The Labute approximate surface area is 97.4 Å². The summed E-state index contributed by atoms with van der Waals surface area (Å²) >= 11 is 0. The van der Waals surface area contributed by atoms with Gasteiger partial charge in [0.1, 0.15) is 10.6 Å². The van der Waals surface area contributed by atoms with Gasteiger partial charge in [-0.1, -0.05) is 18.2 Å². The van der Waals surface area contributed by atoms with Crippen LogP contribution >= 0.6 is 0 Å². The third kappa shape index (κ3) is 1.49. The lowest BCUT2D eigenvalue weighted by Gasteiger charge is -2.18. The number of fused-ring (bicyclic) bond motifs is 3. The van der Waals surface area contributed by atoms with Gasteiger partial charge in [-0.3, -0.25) is 9.78 Å². The average molecular weight is 248 g/mol. The molecule has 2 aromatic rings.